The molecular formula is C10H16O. The van der Waals surface area contributed by atoms with E-state index >= 15 is 0 Å². The van der Waals surface area contributed by atoms with Crippen LogP contribution in [0.3, 0.4) is 0 Å². The maximum Gasteiger partial charge on any atom is 0.0723 e. The molecule has 3 unspecified atom stereocenters. The van der Waals surface area contributed by atoms with Gasteiger partial charge >= 0.3 is 0 Å². The van der Waals surface area contributed by atoms with E-state index in [2.05, 4.69) is 19.6 Å². The first-order valence-electron chi connectivity index (χ1n) is 4.21. The number of rotatable bonds is 2. The molecule has 3 atom stereocenters. The third-order valence-corrected chi connectivity index (χ3v) is 2.36. The topological polar surface area (TPSA) is 20.2 Å². The Balaban J connectivity index is 2.53. The molecule has 0 saturated carbocycles. The Morgan fingerprint density at radius 3 is 2.91 bits per heavy atom. The second-order valence-electron chi connectivity index (χ2n) is 3.35. The highest BCUT2D eigenvalue weighted by Crippen LogP contribution is 2.26. The number of aliphatic hydroxyl groups is 1. The van der Waals surface area contributed by atoms with Crippen LogP contribution in [0.5, 0.6) is 0 Å². The molecule has 1 aliphatic carbocycles. The largest absolute Gasteiger partial charge is 0.389 e. The Morgan fingerprint density at radius 2 is 2.36 bits per heavy atom. The zero-order valence-electron chi connectivity index (χ0n) is 7.03. The third-order valence-electron chi connectivity index (χ3n) is 2.36. The zero-order valence-corrected chi connectivity index (χ0v) is 7.03. The Kier molecular flexibility index (Phi) is 2.89. The van der Waals surface area contributed by atoms with Crippen molar-refractivity contribution in [1.29, 1.82) is 0 Å². The molecule has 0 aromatic heterocycles. The van der Waals surface area contributed by atoms with Crippen LogP contribution in [0, 0.1) is 11.8 Å². The van der Waals surface area contributed by atoms with Crippen molar-refractivity contribution in [3.63, 3.8) is 0 Å². The van der Waals surface area contributed by atoms with E-state index in [1.165, 1.54) is 0 Å². The number of allylic oxidation sites excluding steroid dienone is 2. The molecule has 62 valence electrons. The quantitative estimate of drug-likeness (QED) is 0.601. The van der Waals surface area contributed by atoms with Gasteiger partial charge in [0, 0.05) is 0 Å². The minimum atomic E-state index is -0.217. The van der Waals surface area contributed by atoms with Gasteiger partial charge < -0.3 is 5.11 Å². The van der Waals surface area contributed by atoms with E-state index in [0.29, 0.717) is 11.8 Å². The van der Waals surface area contributed by atoms with Crippen molar-refractivity contribution in [3.8, 4) is 0 Å². The van der Waals surface area contributed by atoms with Crippen LogP contribution in [0.2, 0.25) is 0 Å². The lowest BCUT2D eigenvalue weighted by atomic mass is 9.82. The van der Waals surface area contributed by atoms with E-state index in [9.17, 15) is 5.11 Å². The van der Waals surface area contributed by atoms with Gasteiger partial charge in [0.05, 0.1) is 6.10 Å². The van der Waals surface area contributed by atoms with E-state index < -0.39 is 0 Å². The number of aliphatic hydroxyl groups excluding tert-OH is 1. The van der Waals surface area contributed by atoms with Crippen molar-refractivity contribution in [2.75, 3.05) is 0 Å². The minimum Gasteiger partial charge on any atom is -0.389 e. The molecule has 0 saturated heterocycles. The summed E-state index contributed by atoms with van der Waals surface area (Å²) in [5.41, 5.74) is 0. The van der Waals surface area contributed by atoms with Crippen molar-refractivity contribution < 1.29 is 5.11 Å². The average Bonchev–Trinajstić information content (AvgIpc) is 1.95. The van der Waals surface area contributed by atoms with E-state index in [1.54, 1.807) is 0 Å². The van der Waals surface area contributed by atoms with Crippen LogP contribution in [0.4, 0.5) is 0 Å². The van der Waals surface area contributed by atoms with E-state index in [-0.39, 0.29) is 6.10 Å². The van der Waals surface area contributed by atoms with Crippen molar-refractivity contribution >= 4 is 0 Å². The molecule has 0 heterocycles. The molecule has 0 amide bonds. The monoisotopic (exact) mass is 152 g/mol. The fraction of sp³-hybridized carbons (Fsp3) is 0.600. The normalized spacial score (nSPS) is 37.1. The Bertz CT molecular complexity index is 160. The molecule has 0 aliphatic heterocycles. The average molecular weight is 152 g/mol. The van der Waals surface area contributed by atoms with Gasteiger partial charge in [0.25, 0.3) is 0 Å². The fourth-order valence-corrected chi connectivity index (χ4v) is 1.60. The highest BCUT2D eigenvalue weighted by atomic mass is 16.3. The van der Waals surface area contributed by atoms with E-state index in [4.69, 9.17) is 0 Å². The second kappa shape index (κ2) is 3.72. The third kappa shape index (κ3) is 2.19. The molecular weight excluding hydrogens is 136 g/mol. The highest BCUT2D eigenvalue weighted by Gasteiger charge is 2.19. The first-order chi connectivity index (χ1) is 5.24. The standard InChI is InChI=1S/C10H16O/c1-3-4-9-5-6-10(11)7-8(9)2/h3,5-6,8-11H,1,4,7H2,2H3. The van der Waals surface area contributed by atoms with Crippen LogP contribution >= 0.6 is 0 Å². The lowest BCUT2D eigenvalue weighted by Crippen LogP contribution is -2.20. The molecule has 1 N–H and O–H groups in total. The molecule has 1 heteroatoms. The molecule has 1 rings (SSSR count). The summed E-state index contributed by atoms with van der Waals surface area (Å²) in [6, 6.07) is 0. The summed E-state index contributed by atoms with van der Waals surface area (Å²) in [6.45, 7) is 5.89. The number of hydrogen-bond donors (Lipinski definition) is 1. The van der Waals surface area contributed by atoms with Gasteiger partial charge in [-0.2, -0.15) is 0 Å². The fourth-order valence-electron chi connectivity index (χ4n) is 1.60. The van der Waals surface area contributed by atoms with Crippen LogP contribution in [-0.4, -0.2) is 11.2 Å². The first-order valence-corrected chi connectivity index (χ1v) is 4.21. The van der Waals surface area contributed by atoms with Gasteiger partial charge in [-0.3, -0.25) is 0 Å². The summed E-state index contributed by atoms with van der Waals surface area (Å²) in [6.07, 6.45) is 7.67. The minimum absolute atomic E-state index is 0.217. The summed E-state index contributed by atoms with van der Waals surface area (Å²) in [7, 11) is 0. The van der Waals surface area contributed by atoms with Crippen LogP contribution in [0.15, 0.2) is 24.8 Å². The van der Waals surface area contributed by atoms with Crippen molar-refractivity contribution in [1.82, 2.24) is 0 Å². The smallest absolute Gasteiger partial charge is 0.0723 e. The summed E-state index contributed by atoms with van der Waals surface area (Å²) in [5.74, 6) is 1.18. The lowest BCUT2D eigenvalue weighted by molar-refractivity contribution is 0.165. The van der Waals surface area contributed by atoms with E-state index in [1.807, 2.05) is 12.2 Å². The molecule has 0 radical (unpaired) electrons. The van der Waals surface area contributed by atoms with Crippen molar-refractivity contribution in [2.45, 2.75) is 25.9 Å². The van der Waals surface area contributed by atoms with Gasteiger partial charge in [-0.25, -0.2) is 0 Å². The van der Waals surface area contributed by atoms with Crippen LogP contribution in [0.25, 0.3) is 0 Å². The van der Waals surface area contributed by atoms with Gasteiger partial charge in [-0.1, -0.05) is 25.2 Å². The zero-order chi connectivity index (χ0) is 8.27. The second-order valence-corrected chi connectivity index (χ2v) is 3.35. The first kappa shape index (κ1) is 8.54. The summed E-state index contributed by atoms with van der Waals surface area (Å²) in [5, 5.41) is 9.25. The van der Waals surface area contributed by atoms with Crippen LogP contribution < -0.4 is 0 Å². The lowest BCUT2D eigenvalue weighted by Gasteiger charge is -2.25. The predicted octanol–water partition coefficient (Wildman–Crippen LogP) is 2.14. The molecule has 0 aromatic carbocycles. The molecule has 1 nitrogen and oxygen atoms in total. The van der Waals surface area contributed by atoms with Gasteiger partial charge in [0.15, 0.2) is 0 Å². The van der Waals surface area contributed by atoms with Crippen LogP contribution in [0.1, 0.15) is 19.8 Å². The van der Waals surface area contributed by atoms with Gasteiger partial charge in [-0.15, -0.1) is 6.58 Å². The molecule has 0 aromatic rings. The SMILES string of the molecule is C=CCC1C=CC(O)CC1C. The van der Waals surface area contributed by atoms with Crippen molar-refractivity contribution in [3.05, 3.63) is 24.8 Å². The van der Waals surface area contributed by atoms with Gasteiger partial charge in [-0.05, 0) is 24.7 Å². The summed E-state index contributed by atoms with van der Waals surface area (Å²) in [4.78, 5) is 0. The van der Waals surface area contributed by atoms with Gasteiger partial charge in [0.1, 0.15) is 0 Å². The predicted molar refractivity (Wildman–Crippen MR) is 47.2 cm³/mol. The summed E-state index contributed by atoms with van der Waals surface area (Å²) >= 11 is 0. The van der Waals surface area contributed by atoms with Gasteiger partial charge in [0.2, 0.25) is 0 Å². The molecule has 1 aliphatic rings. The molecule has 0 spiro atoms. The van der Waals surface area contributed by atoms with E-state index in [0.717, 1.165) is 12.8 Å². The summed E-state index contributed by atoms with van der Waals surface area (Å²) < 4.78 is 0. The molecule has 0 bridgehead atoms. The maximum atomic E-state index is 9.25. The Hall–Kier alpha value is -0.560. The Labute approximate surface area is 68.4 Å². The molecule has 0 fully saturated rings. The van der Waals surface area contributed by atoms with Crippen molar-refractivity contribution in [2.24, 2.45) is 11.8 Å². The molecule has 11 heavy (non-hydrogen) atoms. The highest BCUT2D eigenvalue weighted by molar-refractivity contribution is 5.02. The van der Waals surface area contributed by atoms with Crippen LogP contribution in [-0.2, 0) is 0 Å². The Morgan fingerprint density at radius 1 is 1.64 bits per heavy atom. The number of hydrogen-bond acceptors (Lipinski definition) is 1. The maximum absolute atomic E-state index is 9.25.